The highest BCUT2D eigenvalue weighted by Gasteiger charge is 2.40. The van der Waals surface area contributed by atoms with Crippen LogP contribution in [-0.4, -0.2) is 55.8 Å². The summed E-state index contributed by atoms with van der Waals surface area (Å²) in [6, 6.07) is -1.28. The average Bonchev–Trinajstić information content (AvgIpc) is 2.46. The molecule has 0 aromatic rings. The second kappa shape index (κ2) is 10.0. The van der Waals surface area contributed by atoms with E-state index in [2.05, 4.69) is 9.63 Å². The Kier molecular flexibility index (Phi) is 9.49. The number of carboxylic acid groups (broad SMARTS) is 2. The summed E-state index contributed by atoms with van der Waals surface area (Å²) in [7, 11) is -9.46. The maximum Gasteiger partial charge on any atom is 0.475 e. The smallest absolute Gasteiger partial charge is 0.475 e. The second-order valence-corrected chi connectivity index (χ2v) is 9.30. The highest BCUT2D eigenvalue weighted by molar-refractivity contribution is 7.68. The fourth-order valence-electron chi connectivity index (χ4n) is 1.83. The molecule has 1 amide bonds. The minimum Gasteiger partial charge on any atom is -0.481 e. The molecular weight excluding hydrogens is 382 g/mol. The number of nitrogens with one attached hydrogen (secondary N) is 1. The molecule has 0 aromatic heterocycles. The number of aliphatic carboxylic acids is 2. The Balaban J connectivity index is 5.13. The first-order chi connectivity index (χ1) is 11.3. The highest BCUT2D eigenvalue weighted by atomic mass is 31.3. The molecule has 0 aliphatic rings. The lowest BCUT2D eigenvalue weighted by molar-refractivity contribution is -0.139. The van der Waals surface area contributed by atoms with Gasteiger partial charge in [0.15, 0.2) is 0 Å². The van der Waals surface area contributed by atoms with Crippen LogP contribution in [0.5, 0.6) is 0 Å². The van der Waals surface area contributed by atoms with E-state index in [9.17, 15) is 23.5 Å². The first-order valence-corrected chi connectivity index (χ1v) is 10.6. The molecule has 0 aliphatic carbocycles. The van der Waals surface area contributed by atoms with Gasteiger partial charge in [-0.25, -0.2) is 8.88 Å². The molecule has 14 heteroatoms. The van der Waals surface area contributed by atoms with Crippen molar-refractivity contribution in [3.63, 3.8) is 0 Å². The summed E-state index contributed by atoms with van der Waals surface area (Å²) in [4.78, 5) is 50.9. The molecule has 0 rings (SSSR count). The summed E-state index contributed by atoms with van der Waals surface area (Å²) >= 11 is 0. The van der Waals surface area contributed by atoms with Gasteiger partial charge in [-0.1, -0.05) is 6.92 Å². The standard InChI is InChI=1S/C11H22N2O10P2/c1-2-9(13-8(14)4-3-7(12)11(17)18)24(19,6-5-10(15)16)23-25(20,21)22/h7,9H,2-6,12H2,1H3,(H,13,14)(H,15,16)(H,17,18)(H2,20,21,22)/t7-,9+,24?/m0/s1. The SMILES string of the molecule is CC[C@H](NC(=O)CC[C@H](N)C(=O)O)P(=O)(CCC(=O)O)OP(=O)(O)O. The Hall–Kier alpha value is -1.29. The zero-order chi connectivity index (χ0) is 19.8. The van der Waals surface area contributed by atoms with Crippen LogP contribution in [-0.2, 0) is 27.8 Å². The van der Waals surface area contributed by atoms with E-state index in [4.69, 9.17) is 25.7 Å². The topological polar surface area (TPSA) is 214 Å². The van der Waals surface area contributed by atoms with Crippen molar-refractivity contribution in [1.82, 2.24) is 5.32 Å². The van der Waals surface area contributed by atoms with E-state index < -0.39 is 57.4 Å². The van der Waals surface area contributed by atoms with Crippen LogP contribution in [0.1, 0.15) is 32.6 Å². The first-order valence-electron chi connectivity index (χ1n) is 7.16. The third kappa shape index (κ3) is 9.69. The molecule has 0 aromatic carbocycles. The number of rotatable bonds is 12. The summed E-state index contributed by atoms with van der Waals surface area (Å²) in [6.07, 6.45) is -1.99. The largest absolute Gasteiger partial charge is 0.481 e. The van der Waals surface area contributed by atoms with E-state index in [-0.39, 0.29) is 19.3 Å². The van der Waals surface area contributed by atoms with Crippen LogP contribution < -0.4 is 11.1 Å². The Morgan fingerprint density at radius 3 is 2.12 bits per heavy atom. The number of carboxylic acids is 2. The van der Waals surface area contributed by atoms with E-state index in [1.54, 1.807) is 0 Å². The quantitative estimate of drug-likeness (QED) is 0.236. The number of nitrogens with two attached hydrogens (primary N) is 1. The highest BCUT2D eigenvalue weighted by Crippen LogP contribution is 2.62. The molecule has 0 saturated heterocycles. The first kappa shape index (κ1) is 23.7. The predicted molar refractivity (Wildman–Crippen MR) is 84.9 cm³/mol. The van der Waals surface area contributed by atoms with Crippen LogP contribution in [0.2, 0.25) is 0 Å². The average molecular weight is 404 g/mol. The van der Waals surface area contributed by atoms with Crippen molar-refractivity contribution in [1.29, 1.82) is 0 Å². The van der Waals surface area contributed by atoms with Crippen molar-refractivity contribution in [2.45, 2.75) is 44.4 Å². The molecule has 0 radical (unpaired) electrons. The molecule has 7 N–H and O–H groups in total. The van der Waals surface area contributed by atoms with Crippen molar-refractivity contribution in [2.24, 2.45) is 5.73 Å². The summed E-state index contributed by atoms with van der Waals surface area (Å²) < 4.78 is 28.1. The van der Waals surface area contributed by atoms with Crippen LogP contribution in [0.15, 0.2) is 0 Å². The summed E-state index contributed by atoms with van der Waals surface area (Å²) in [6.45, 7) is 1.45. The zero-order valence-corrected chi connectivity index (χ0v) is 15.2. The molecule has 12 nitrogen and oxygen atoms in total. The number of hydrogen-bond donors (Lipinski definition) is 6. The molecule has 0 aliphatic heterocycles. The molecule has 3 atom stereocenters. The van der Waals surface area contributed by atoms with Crippen LogP contribution in [0, 0.1) is 0 Å². The lowest BCUT2D eigenvalue weighted by Gasteiger charge is -2.27. The molecule has 0 heterocycles. The molecule has 0 spiro atoms. The Morgan fingerprint density at radius 1 is 1.16 bits per heavy atom. The van der Waals surface area contributed by atoms with Crippen LogP contribution in [0.3, 0.4) is 0 Å². The minimum absolute atomic E-state index is 0.0619. The summed E-state index contributed by atoms with van der Waals surface area (Å²) in [5.41, 5.74) is 5.25. The van der Waals surface area contributed by atoms with Gasteiger partial charge in [0.1, 0.15) is 11.8 Å². The number of carbonyl (C=O) groups excluding carboxylic acids is 1. The van der Waals surface area contributed by atoms with E-state index in [1.165, 1.54) is 6.92 Å². The molecule has 0 saturated carbocycles. The lowest BCUT2D eigenvalue weighted by Crippen LogP contribution is -2.37. The Morgan fingerprint density at radius 2 is 1.72 bits per heavy atom. The van der Waals surface area contributed by atoms with Crippen LogP contribution in [0.4, 0.5) is 0 Å². The molecule has 25 heavy (non-hydrogen) atoms. The van der Waals surface area contributed by atoms with Gasteiger partial charge in [-0.2, -0.15) is 0 Å². The van der Waals surface area contributed by atoms with Gasteiger partial charge in [-0.3, -0.25) is 18.9 Å². The second-order valence-electron chi connectivity index (χ2n) is 5.14. The van der Waals surface area contributed by atoms with Crippen molar-refractivity contribution in [3.05, 3.63) is 0 Å². The minimum atomic E-state index is -5.21. The van der Waals surface area contributed by atoms with E-state index in [0.29, 0.717) is 0 Å². The van der Waals surface area contributed by atoms with Crippen molar-refractivity contribution in [2.75, 3.05) is 6.16 Å². The van der Waals surface area contributed by atoms with Gasteiger partial charge in [0.2, 0.25) is 13.3 Å². The van der Waals surface area contributed by atoms with Gasteiger partial charge in [0.05, 0.1) is 6.42 Å². The molecule has 1 unspecified atom stereocenters. The molecule has 0 bridgehead atoms. The van der Waals surface area contributed by atoms with Crippen molar-refractivity contribution < 1.29 is 47.8 Å². The zero-order valence-electron chi connectivity index (χ0n) is 13.4. The molecular formula is C11H22N2O10P2. The van der Waals surface area contributed by atoms with Crippen molar-refractivity contribution >= 4 is 33.0 Å². The monoisotopic (exact) mass is 404 g/mol. The number of phosphoric acid groups is 1. The van der Waals surface area contributed by atoms with Gasteiger partial charge in [0, 0.05) is 12.6 Å². The maximum absolute atomic E-state index is 12.7. The fourth-order valence-corrected chi connectivity index (χ4v) is 5.77. The third-order valence-corrected chi connectivity index (χ3v) is 7.32. The number of carbonyl (C=O) groups is 3. The number of amides is 1. The Bertz CT molecular complexity index is 589. The van der Waals surface area contributed by atoms with E-state index >= 15 is 0 Å². The normalized spacial score (nSPS) is 16.5. The van der Waals surface area contributed by atoms with Gasteiger partial charge in [-0.15, -0.1) is 0 Å². The van der Waals surface area contributed by atoms with Gasteiger partial charge < -0.3 is 31.1 Å². The third-order valence-electron chi connectivity index (χ3n) is 3.07. The van der Waals surface area contributed by atoms with Gasteiger partial charge in [-0.05, 0) is 12.8 Å². The predicted octanol–water partition coefficient (Wildman–Crippen LogP) is -0.107. The number of hydrogen-bond acceptors (Lipinski definition) is 7. The molecule has 0 fully saturated rings. The van der Waals surface area contributed by atoms with Crippen LogP contribution in [0.25, 0.3) is 0 Å². The lowest BCUT2D eigenvalue weighted by atomic mass is 10.1. The van der Waals surface area contributed by atoms with Crippen molar-refractivity contribution in [3.8, 4) is 0 Å². The Labute approximate surface area is 143 Å². The van der Waals surface area contributed by atoms with Gasteiger partial charge in [0.25, 0.3) is 0 Å². The fraction of sp³-hybridized carbons (Fsp3) is 0.727. The van der Waals surface area contributed by atoms with Crippen LogP contribution >= 0.6 is 15.2 Å². The maximum atomic E-state index is 12.7. The van der Waals surface area contributed by atoms with Gasteiger partial charge >= 0.3 is 19.8 Å². The summed E-state index contributed by atoms with van der Waals surface area (Å²) in [5, 5.41) is 19.6. The summed E-state index contributed by atoms with van der Waals surface area (Å²) in [5.74, 6) is -4.76. The van der Waals surface area contributed by atoms with E-state index in [1.807, 2.05) is 0 Å². The molecule has 146 valence electrons. The van der Waals surface area contributed by atoms with E-state index in [0.717, 1.165) is 0 Å².